The lowest BCUT2D eigenvalue weighted by molar-refractivity contribution is -0.0552. The van der Waals surface area contributed by atoms with E-state index in [1.165, 1.54) is 7.05 Å². The summed E-state index contributed by atoms with van der Waals surface area (Å²) in [4.78, 5) is 11.6. The van der Waals surface area contributed by atoms with Gasteiger partial charge >= 0.3 is 12.6 Å². The van der Waals surface area contributed by atoms with Crippen molar-refractivity contribution in [3.05, 3.63) is 33.6 Å². The number of aromatic nitrogens is 2. The Kier molecular flexibility index (Phi) is 5.06. The van der Waals surface area contributed by atoms with Crippen molar-refractivity contribution in [1.82, 2.24) is 9.78 Å². The first-order chi connectivity index (χ1) is 10.8. The third-order valence-corrected chi connectivity index (χ3v) is 3.51. The van der Waals surface area contributed by atoms with Crippen LogP contribution in [0.3, 0.4) is 0 Å². The molecule has 5 nitrogen and oxygen atoms in total. The lowest BCUT2D eigenvalue weighted by Crippen LogP contribution is -2.06. The Morgan fingerprint density at radius 1 is 1.35 bits per heavy atom. The van der Waals surface area contributed by atoms with Gasteiger partial charge < -0.3 is 9.47 Å². The van der Waals surface area contributed by atoms with Gasteiger partial charge in [-0.1, -0.05) is 23.2 Å². The molecule has 2 aromatic rings. The van der Waals surface area contributed by atoms with Gasteiger partial charge in [-0.05, 0) is 12.1 Å². The molecule has 1 aromatic carbocycles. The van der Waals surface area contributed by atoms with Crippen LogP contribution in [0.15, 0.2) is 12.1 Å². The van der Waals surface area contributed by atoms with Crippen molar-refractivity contribution in [3.63, 3.8) is 0 Å². The second-order valence-electron chi connectivity index (χ2n) is 4.27. The topological polar surface area (TPSA) is 53.3 Å². The third-order valence-electron chi connectivity index (χ3n) is 2.86. The Morgan fingerprint density at radius 2 is 2.00 bits per heavy atom. The standard InChI is InChI=1S/C13H9Cl2F3N2O3/c1-20-11(23-13(17)18)9(15)10(19-20)6-3-5(12(21)22-2)7(14)4-8(6)16/h3-4,13H,1-2H3. The average molecular weight is 369 g/mol. The predicted octanol–water partition coefficient (Wildman–Crippen LogP) is 3.92. The summed E-state index contributed by atoms with van der Waals surface area (Å²) in [6.45, 7) is -3.13. The van der Waals surface area contributed by atoms with E-state index < -0.39 is 24.3 Å². The van der Waals surface area contributed by atoms with Crippen molar-refractivity contribution in [2.24, 2.45) is 7.05 Å². The van der Waals surface area contributed by atoms with Crippen LogP contribution in [-0.4, -0.2) is 29.5 Å². The molecule has 1 heterocycles. The van der Waals surface area contributed by atoms with Gasteiger partial charge in [0.2, 0.25) is 5.88 Å². The fraction of sp³-hybridized carbons (Fsp3) is 0.231. The molecule has 2 rings (SSSR count). The van der Waals surface area contributed by atoms with E-state index in [0.29, 0.717) is 0 Å². The molecule has 0 radical (unpaired) electrons. The second-order valence-corrected chi connectivity index (χ2v) is 5.06. The van der Waals surface area contributed by atoms with Gasteiger partial charge in [-0.3, -0.25) is 0 Å². The van der Waals surface area contributed by atoms with Crippen molar-refractivity contribution in [3.8, 4) is 17.1 Å². The number of halogens is 5. The van der Waals surface area contributed by atoms with Crippen LogP contribution >= 0.6 is 23.2 Å². The summed E-state index contributed by atoms with van der Waals surface area (Å²) in [6, 6.07) is 1.95. The summed E-state index contributed by atoms with van der Waals surface area (Å²) in [7, 11) is 2.42. The van der Waals surface area contributed by atoms with E-state index in [9.17, 15) is 18.0 Å². The van der Waals surface area contributed by atoms with Gasteiger partial charge in [-0.15, -0.1) is 0 Å². The lowest BCUT2D eigenvalue weighted by Gasteiger charge is -2.06. The molecule has 0 bridgehead atoms. The van der Waals surface area contributed by atoms with Crippen LogP contribution in [0.2, 0.25) is 10.0 Å². The van der Waals surface area contributed by atoms with Crippen LogP contribution in [0.25, 0.3) is 11.3 Å². The molecule has 0 fully saturated rings. The van der Waals surface area contributed by atoms with Crippen LogP contribution in [0.5, 0.6) is 5.88 Å². The number of ether oxygens (including phenoxy) is 2. The molecule has 1 aromatic heterocycles. The zero-order valence-electron chi connectivity index (χ0n) is 11.7. The van der Waals surface area contributed by atoms with Crippen LogP contribution in [0.1, 0.15) is 10.4 Å². The monoisotopic (exact) mass is 368 g/mol. The highest BCUT2D eigenvalue weighted by atomic mass is 35.5. The number of benzene rings is 1. The molecule has 10 heteroatoms. The minimum Gasteiger partial charge on any atom is -0.465 e. The molecule has 124 valence electrons. The normalized spacial score (nSPS) is 11.0. The summed E-state index contributed by atoms with van der Waals surface area (Å²) >= 11 is 11.7. The van der Waals surface area contributed by atoms with E-state index in [2.05, 4.69) is 14.6 Å². The van der Waals surface area contributed by atoms with Gasteiger partial charge in [-0.25, -0.2) is 13.9 Å². The molecule has 0 spiro atoms. The summed E-state index contributed by atoms with van der Waals surface area (Å²) < 4.78 is 48.6. The maximum Gasteiger partial charge on any atom is 0.388 e. The highest BCUT2D eigenvalue weighted by Crippen LogP contribution is 2.38. The van der Waals surface area contributed by atoms with E-state index in [4.69, 9.17) is 23.2 Å². The molecule has 0 unspecified atom stereocenters. The Bertz CT molecular complexity index is 765. The first-order valence-corrected chi connectivity index (χ1v) is 6.76. The van der Waals surface area contributed by atoms with Crippen molar-refractivity contribution in [2.45, 2.75) is 6.61 Å². The molecule has 0 saturated heterocycles. The molecular formula is C13H9Cl2F3N2O3. The third kappa shape index (κ3) is 3.37. The quantitative estimate of drug-likeness (QED) is 0.767. The lowest BCUT2D eigenvalue weighted by atomic mass is 10.1. The van der Waals surface area contributed by atoms with E-state index in [0.717, 1.165) is 23.9 Å². The smallest absolute Gasteiger partial charge is 0.388 e. The largest absolute Gasteiger partial charge is 0.465 e. The Hall–Kier alpha value is -1.93. The van der Waals surface area contributed by atoms with Crippen molar-refractivity contribution >= 4 is 29.2 Å². The highest BCUT2D eigenvalue weighted by Gasteiger charge is 2.24. The van der Waals surface area contributed by atoms with Gasteiger partial charge in [0.1, 0.15) is 16.5 Å². The molecule has 0 aliphatic carbocycles. The number of hydrogen-bond donors (Lipinski definition) is 0. The summed E-state index contributed by atoms with van der Waals surface area (Å²) in [5.74, 6) is -2.08. The van der Waals surface area contributed by atoms with Gasteiger partial charge in [0, 0.05) is 12.6 Å². The van der Waals surface area contributed by atoms with Crippen molar-refractivity contribution < 1.29 is 27.4 Å². The minimum atomic E-state index is -3.13. The first-order valence-electron chi connectivity index (χ1n) is 6.01. The SMILES string of the molecule is COC(=O)c1cc(-c2nn(C)c(OC(F)F)c2Cl)c(F)cc1Cl. The van der Waals surface area contributed by atoms with E-state index in [1.54, 1.807) is 0 Å². The number of esters is 1. The number of carbonyl (C=O) groups excluding carboxylic acids is 1. The van der Waals surface area contributed by atoms with Gasteiger partial charge in [0.05, 0.1) is 17.7 Å². The van der Waals surface area contributed by atoms with Crippen molar-refractivity contribution in [2.75, 3.05) is 7.11 Å². The number of methoxy groups -OCH3 is 1. The summed E-state index contributed by atoms with van der Waals surface area (Å²) in [5.41, 5.74) is -0.507. The van der Waals surface area contributed by atoms with Crippen LogP contribution in [-0.2, 0) is 11.8 Å². The van der Waals surface area contributed by atoms with E-state index >= 15 is 0 Å². The fourth-order valence-corrected chi connectivity index (χ4v) is 2.40. The van der Waals surface area contributed by atoms with Gasteiger partial charge in [0.25, 0.3) is 0 Å². The molecule has 0 N–H and O–H groups in total. The molecular weight excluding hydrogens is 360 g/mol. The molecule has 0 aliphatic rings. The molecule has 0 amide bonds. The highest BCUT2D eigenvalue weighted by molar-refractivity contribution is 6.35. The maximum atomic E-state index is 14.1. The van der Waals surface area contributed by atoms with Crippen molar-refractivity contribution in [1.29, 1.82) is 0 Å². The fourth-order valence-electron chi connectivity index (χ4n) is 1.86. The zero-order valence-corrected chi connectivity index (χ0v) is 13.3. The van der Waals surface area contributed by atoms with Gasteiger partial charge in [0.15, 0.2) is 0 Å². The number of aryl methyl sites for hydroxylation is 1. The number of rotatable bonds is 4. The molecule has 0 aliphatic heterocycles. The summed E-state index contributed by atoms with van der Waals surface area (Å²) in [6.07, 6.45) is 0. The average Bonchev–Trinajstić information content (AvgIpc) is 2.74. The number of alkyl halides is 2. The maximum absolute atomic E-state index is 14.1. The predicted molar refractivity (Wildman–Crippen MR) is 76.6 cm³/mol. The second kappa shape index (κ2) is 6.67. The Morgan fingerprint density at radius 3 is 2.57 bits per heavy atom. The molecule has 0 saturated carbocycles. The van der Waals surface area contributed by atoms with Gasteiger partial charge in [-0.2, -0.15) is 13.9 Å². The van der Waals surface area contributed by atoms with Crippen LogP contribution in [0.4, 0.5) is 13.2 Å². The Balaban J connectivity index is 2.61. The Labute approximate surface area is 138 Å². The van der Waals surface area contributed by atoms with E-state index in [-0.39, 0.29) is 26.9 Å². The first kappa shape index (κ1) is 17.4. The zero-order chi connectivity index (χ0) is 17.3. The van der Waals surface area contributed by atoms with Crippen LogP contribution < -0.4 is 4.74 Å². The minimum absolute atomic E-state index is 0.122. The number of carbonyl (C=O) groups is 1. The number of nitrogens with zero attached hydrogens (tertiary/aromatic N) is 2. The summed E-state index contributed by atoms with van der Waals surface area (Å²) in [5, 5.41) is 3.34. The molecule has 23 heavy (non-hydrogen) atoms. The number of hydrogen-bond acceptors (Lipinski definition) is 4. The molecule has 0 atom stereocenters. The van der Waals surface area contributed by atoms with Crippen LogP contribution in [0, 0.1) is 5.82 Å². The van der Waals surface area contributed by atoms with E-state index in [1.807, 2.05) is 0 Å².